The van der Waals surface area contributed by atoms with Gasteiger partial charge in [-0.2, -0.15) is 0 Å². The lowest BCUT2D eigenvalue weighted by atomic mass is 10.1. The third-order valence-corrected chi connectivity index (χ3v) is 2.73. The van der Waals surface area contributed by atoms with Gasteiger partial charge in [-0.15, -0.1) is 0 Å². The van der Waals surface area contributed by atoms with Gasteiger partial charge in [-0.1, -0.05) is 32.9 Å². The quantitative estimate of drug-likeness (QED) is 0.717. The number of carbonyl (C=O) groups is 2. The van der Waals surface area contributed by atoms with Crippen LogP contribution in [0, 0.1) is 5.92 Å². The molecule has 1 aromatic carbocycles. The van der Waals surface area contributed by atoms with Crippen molar-refractivity contribution in [3.05, 3.63) is 35.4 Å². The number of hydrogen-bond donors (Lipinski definition) is 0. The number of rotatable bonds is 7. The highest BCUT2D eigenvalue weighted by Gasteiger charge is 2.18. The molecule has 4 heteroatoms. The Morgan fingerprint density at radius 2 is 1.50 bits per heavy atom. The standard InChI is InChI=1S/C16H22O4/c1-4-10-19-15(17)13-7-5-6-8-14(13)16(18)20-11-9-12(2)3/h5-8,12H,4,9-11H2,1-3H3. The average Bonchev–Trinajstić information content (AvgIpc) is 2.44. The van der Waals surface area contributed by atoms with Gasteiger partial charge >= 0.3 is 11.9 Å². The highest BCUT2D eigenvalue weighted by molar-refractivity contribution is 6.03. The van der Waals surface area contributed by atoms with Crippen LogP contribution in [-0.2, 0) is 9.47 Å². The van der Waals surface area contributed by atoms with Crippen molar-refractivity contribution in [1.82, 2.24) is 0 Å². The predicted molar refractivity (Wildman–Crippen MR) is 76.8 cm³/mol. The molecule has 0 atom stereocenters. The maximum atomic E-state index is 12.0. The summed E-state index contributed by atoms with van der Waals surface area (Å²) >= 11 is 0. The largest absolute Gasteiger partial charge is 0.462 e. The van der Waals surface area contributed by atoms with E-state index in [0.29, 0.717) is 19.1 Å². The van der Waals surface area contributed by atoms with Crippen molar-refractivity contribution in [3.8, 4) is 0 Å². The second kappa shape index (κ2) is 8.35. The van der Waals surface area contributed by atoms with Crippen LogP contribution in [0.15, 0.2) is 24.3 Å². The summed E-state index contributed by atoms with van der Waals surface area (Å²) in [6, 6.07) is 6.57. The van der Waals surface area contributed by atoms with E-state index in [1.54, 1.807) is 24.3 Å². The van der Waals surface area contributed by atoms with Crippen molar-refractivity contribution in [3.63, 3.8) is 0 Å². The molecule has 0 aliphatic heterocycles. The fraction of sp³-hybridized carbons (Fsp3) is 0.500. The van der Waals surface area contributed by atoms with E-state index in [1.807, 2.05) is 6.92 Å². The van der Waals surface area contributed by atoms with Crippen molar-refractivity contribution in [2.24, 2.45) is 5.92 Å². The zero-order valence-electron chi connectivity index (χ0n) is 12.3. The SMILES string of the molecule is CCCOC(=O)c1ccccc1C(=O)OCCC(C)C. The first-order valence-corrected chi connectivity index (χ1v) is 6.99. The van der Waals surface area contributed by atoms with Gasteiger partial charge in [0.15, 0.2) is 0 Å². The molecule has 0 radical (unpaired) electrons. The Morgan fingerprint density at radius 1 is 1.00 bits per heavy atom. The summed E-state index contributed by atoms with van der Waals surface area (Å²) in [4.78, 5) is 23.9. The predicted octanol–water partition coefficient (Wildman–Crippen LogP) is 3.46. The molecule has 0 aromatic heterocycles. The van der Waals surface area contributed by atoms with Crippen LogP contribution >= 0.6 is 0 Å². The molecule has 20 heavy (non-hydrogen) atoms. The first-order chi connectivity index (χ1) is 9.56. The Morgan fingerprint density at radius 3 is 1.95 bits per heavy atom. The van der Waals surface area contributed by atoms with E-state index in [1.165, 1.54) is 0 Å². The first kappa shape index (κ1) is 16.2. The van der Waals surface area contributed by atoms with E-state index in [4.69, 9.17) is 9.47 Å². The molecular weight excluding hydrogens is 256 g/mol. The summed E-state index contributed by atoms with van der Waals surface area (Å²) in [5.74, 6) is -0.495. The van der Waals surface area contributed by atoms with Crippen LogP contribution in [0.25, 0.3) is 0 Å². The fourth-order valence-electron chi connectivity index (χ4n) is 1.58. The molecule has 0 aliphatic carbocycles. The van der Waals surface area contributed by atoms with Gasteiger partial charge in [0.05, 0.1) is 24.3 Å². The van der Waals surface area contributed by atoms with Crippen molar-refractivity contribution >= 4 is 11.9 Å². The number of hydrogen-bond acceptors (Lipinski definition) is 4. The normalized spacial score (nSPS) is 10.4. The Kier molecular flexibility index (Phi) is 6.77. The molecule has 0 aliphatic rings. The lowest BCUT2D eigenvalue weighted by Gasteiger charge is -2.10. The van der Waals surface area contributed by atoms with E-state index >= 15 is 0 Å². The molecule has 0 fully saturated rings. The molecule has 0 spiro atoms. The summed E-state index contributed by atoms with van der Waals surface area (Å²) in [6.07, 6.45) is 1.54. The minimum absolute atomic E-state index is 0.260. The summed E-state index contributed by atoms with van der Waals surface area (Å²) < 4.78 is 10.3. The highest BCUT2D eigenvalue weighted by atomic mass is 16.5. The molecule has 0 N–H and O–H groups in total. The Hall–Kier alpha value is -1.84. The minimum atomic E-state index is -0.483. The van der Waals surface area contributed by atoms with Crippen molar-refractivity contribution < 1.29 is 19.1 Å². The van der Waals surface area contributed by atoms with Crippen LogP contribution in [0.3, 0.4) is 0 Å². The molecule has 0 heterocycles. The third-order valence-electron chi connectivity index (χ3n) is 2.73. The molecule has 1 rings (SSSR count). The Labute approximate surface area is 120 Å². The van der Waals surface area contributed by atoms with Crippen LogP contribution in [0.4, 0.5) is 0 Å². The van der Waals surface area contributed by atoms with Gasteiger partial charge in [-0.3, -0.25) is 0 Å². The number of benzene rings is 1. The molecule has 110 valence electrons. The second-order valence-corrected chi connectivity index (χ2v) is 5.00. The fourth-order valence-corrected chi connectivity index (χ4v) is 1.58. The van der Waals surface area contributed by atoms with E-state index < -0.39 is 11.9 Å². The Bertz CT molecular complexity index is 452. The molecule has 0 saturated carbocycles. The number of carbonyl (C=O) groups excluding carboxylic acids is 2. The summed E-state index contributed by atoms with van der Waals surface area (Å²) in [5, 5.41) is 0. The van der Waals surface area contributed by atoms with E-state index in [9.17, 15) is 9.59 Å². The summed E-state index contributed by atoms with van der Waals surface area (Å²) in [5.41, 5.74) is 0.521. The lowest BCUT2D eigenvalue weighted by molar-refractivity contribution is 0.0448. The van der Waals surface area contributed by atoms with Gasteiger partial charge < -0.3 is 9.47 Å². The average molecular weight is 278 g/mol. The molecular formula is C16H22O4. The maximum absolute atomic E-state index is 12.0. The zero-order valence-corrected chi connectivity index (χ0v) is 12.3. The van der Waals surface area contributed by atoms with Crippen molar-refractivity contribution in [2.45, 2.75) is 33.6 Å². The maximum Gasteiger partial charge on any atom is 0.339 e. The molecule has 0 amide bonds. The van der Waals surface area contributed by atoms with Gasteiger partial charge in [0.1, 0.15) is 0 Å². The van der Waals surface area contributed by atoms with Gasteiger partial charge in [0.2, 0.25) is 0 Å². The minimum Gasteiger partial charge on any atom is -0.462 e. The van der Waals surface area contributed by atoms with Crippen LogP contribution in [-0.4, -0.2) is 25.2 Å². The summed E-state index contributed by atoms with van der Waals surface area (Å²) in [6.45, 7) is 6.73. The molecule has 0 bridgehead atoms. The number of esters is 2. The van der Waals surface area contributed by atoms with Crippen LogP contribution in [0.1, 0.15) is 54.3 Å². The van der Waals surface area contributed by atoms with Crippen molar-refractivity contribution in [2.75, 3.05) is 13.2 Å². The van der Waals surface area contributed by atoms with Gasteiger partial charge in [-0.05, 0) is 30.9 Å². The second-order valence-electron chi connectivity index (χ2n) is 5.00. The smallest absolute Gasteiger partial charge is 0.339 e. The summed E-state index contributed by atoms with van der Waals surface area (Å²) in [7, 11) is 0. The molecule has 4 nitrogen and oxygen atoms in total. The van der Waals surface area contributed by atoms with Crippen molar-refractivity contribution in [1.29, 1.82) is 0 Å². The molecule has 0 unspecified atom stereocenters. The third kappa shape index (κ3) is 5.03. The monoisotopic (exact) mass is 278 g/mol. The van der Waals surface area contributed by atoms with Crippen LogP contribution in [0.2, 0.25) is 0 Å². The van der Waals surface area contributed by atoms with E-state index in [-0.39, 0.29) is 11.1 Å². The Balaban J connectivity index is 2.73. The topological polar surface area (TPSA) is 52.6 Å². The number of ether oxygens (including phenoxy) is 2. The van der Waals surface area contributed by atoms with Gasteiger partial charge in [0, 0.05) is 0 Å². The van der Waals surface area contributed by atoms with E-state index in [0.717, 1.165) is 12.8 Å². The van der Waals surface area contributed by atoms with Gasteiger partial charge in [0.25, 0.3) is 0 Å². The van der Waals surface area contributed by atoms with Crippen LogP contribution in [0.5, 0.6) is 0 Å². The first-order valence-electron chi connectivity index (χ1n) is 6.99. The molecule has 0 saturated heterocycles. The zero-order chi connectivity index (χ0) is 15.0. The van der Waals surface area contributed by atoms with Crippen LogP contribution < -0.4 is 0 Å². The lowest BCUT2D eigenvalue weighted by Crippen LogP contribution is -2.15. The van der Waals surface area contributed by atoms with Gasteiger partial charge in [-0.25, -0.2) is 9.59 Å². The van der Waals surface area contributed by atoms with E-state index in [2.05, 4.69) is 13.8 Å². The molecule has 1 aromatic rings. The highest BCUT2D eigenvalue weighted by Crippen LogP contribution is 2.13.